The Morgan fingerprint density at radius 3 is 0.241 bits per heavy atom. The van der Waals surface area contributed by atoms with Gasteiger partial charge < -0.3 is 11.5 Å². The molecule has 0 aliphatic rings. The van der Waals surface area contributed by atoms with E-state index in [1.165, 1.54) is 0 Å². The molecule has 0 aliphatic heterocycles. The monoisotopic (exact) mass is 2130 g/mol. The van der Waals surface area contributed by atoms with Crippen LogP contribution in [0, 0.1) is 0 Å². The molecule has 0 heterocycles. The van der Waals surface area contributed by atoms with Gasteiger partial charge in [0.25, 0.3) is 0 Å². The average molecular weight is 2130 g/mol. The molecule has 0 aromatic heterocycles. The third kappa shape index (κ3) is 219. The van der Waals surface area contributed by atoms with Gasteiger partial charge in [-0.15, -0.1) is 0 Å². The van der Waals surface area contributed by atoms with Crippen molar-refractivity contribution in [1.29, 1.82) is 0 Å². The first-order valence-corrected chi connectivity index (χ1v) is 2.12. The predicted octanol–water partition coefficient (Wildman–Crippen LogP) is 2.06. The molecule has 0 bridgehead atoms. The quantitative estimate of drug-likeness (QED) is 0.358. The van der Waals surface area contributed by atoms with Gasteiger partial charge in [0.05, 0.1) is 0 Å². The van der Waals surface area contributed by atoms with E-state index in [1.54, 1.807) is 13.8 Å². The van der Waals surface area contributed by atoms with Gasteiger partial charge in [-0.2, -0.15) is 13.1 Å². The molecular formula is C4H12N2Y23-2. The standard InChI is InChI=1S/2C2H6N.23Y/c2*1-2-3;;;;;;;;;;;;;;;;;;;;;;;/h2*3H,2H2,1H3;;;;;;;;;;;;;;;;;;;;;;;/q2*-1;;;;;;;;;;;;;;;;;;;;;;;. The number of hydrogen-bond donors (Lipinski definition) is 0. The minimum atomic E-state index is 0. The van der Waals surface area contributed by atoms with Gasteiger partial charge in [0.15, 0.2) is 0 Å². The normalized spacial score (nSPS) is 1.24. The van der Waals surface area contributed by atoms with E-state index in [4.69, 9.17) is 11.5 Å². The molecule has 0 atom stereocenters. The molecule has 0 aromatic carbocycles. The van der Waals surface area contributed by atoms with Gasteiger partial charge in [0.2, 0.25) is 0 Å². The van der Waals surface area contributed by atoms with Gasteiger partial charge >= 0.3 is 0 Å². The van der Waals surface area contributed by atoms with E-state index in [-0.39, 0.29) is 752 Å². The van der Waals surface area contributed by atoms with Crippen LogP contribution in [0.3, 0.4) is 0 Å². The molecule has 25 heteroatoms. The summed E-state index contributed by atoms with van der Waals surface area (Å²) >= 11 is 0. The minimum Gasteiger partial charge on any atom is -0.678 e. The van der Waals surface area contributed by atoms with Gasteiger partial charge in [-0.25, -0.2) is 0 Å². The van der Waals surface area contributed by atoms with Crippen LogP contribution in [0.25, 0.3) is 11.5 Å². The molecule has 0 spiro atoms. The summed E-state index contributed by atoms with van der Waals surface area (Å²) in [4.78, 5) is 0. The summed E-state index contributed by atoms with van der Waals surface area (Å²) in [6, 6.07) is 0. The second-order valence-electron chi connectivity index (χ2n) is 0.707. The third-order valence-electron chi connectivity index (χ3n) is 0. The molecular weight excluding hydrogens is 2120 g/mol. The summed E-state index contributed by atoms with van der Waals surface area (Å²) < 4.78 is 0. The zero-order chi connectivity index (χ0) is 5.41. The molecule has 2 nitrogen and oxygen atoms in total. The van der Waals surface area contributed by atoms with Crippen LogP contribution in [0.15, 0.2) is 0 Å². The van der Waals surface area contributed by atoms with Crippen molar-refractivity contribution in [1.82, 2.24) is 0 Å². The first kappa shape index (κ1) is 180. The molecule has 0 aliphatic carbocycles. The zero-order valence-corrected chi connectivity index (χ0v) is 83.0. The fraction of sp³-hybridized carbons (Fsp3) is 1.00. The Morgan fingerprint density at radius 1 is 0.241 bits per heavy atom. The number of rotatable bonds is 0. The van der Waals surface area contributed by atoms with Gasteiger partial charge in [0, 0.05) is 752 Å². The van der Waals surface area contributed by atoms with Crippen LogP contribution < -0.4 is 0 Å². The minimum absolute atomic E-state index is 0. The van der Waals surface area contributed by atoms with Crippen molar-refractivity contribution in [3.8, 4) is 0 Å². The molecule has 23 radical (unpaired) electrons. The fourth-order valence-corrected chi connectivity index (χ4v) is 0. The second-order valence-corrected chi connectivity index (χ2v) is 0.707. The van der Waals surface area contributed by atoms with E-state index in [2.05, 4.69) is 0 Å². The first-order valence-electron chi connectivity index (χ1n) is 2.12. The zero-order valence-electron chi connectivity index (χ0n) is 17.7. The Balaban J connectivity index is -0.000000000268. The van der Waals surface area contributed by atoms with Crippen molar-refractivity contribution < 1.29 is 752 Å². The van der Waals surface area contributed by atoms with Crippen LogP contribution >= 0.6 is 0 Å². The van der Waals surface area contributed by atoms with Crippen LogP contribution in [0.2, 0.25) is 0 Å². The van der Waals surface area contributed by atoms with Gasteiger partial charge in [-0.1, -0.05) is 13.8 Å². The second kappa shape index (κ2) is 196. The van der Waals surface area contributed by atoms with Gasteiger partial charge in [-0.3, -0.25) is 0 Å². The van der Waals surface area contributed by atoms with Crippen LogP contribution in [-0.2, 0) is 752 Å². The Labute approximate surface area is 761 Å². The topological polar surface area (TPSA) is 47.6 Å². The Bertz CT molecular complexity index is 28.8. The van der Waals surface area contributed by atoms with Crippen molar-refractivity contribution in [2.75, 3.05) is 13.1 Å². The van der Waals surface area contributed by atoms with Crippen molar-refractivity contribution in [3.05, 3.63) is 11.5 Å². The largest absolute Gasteiger partial charge is 0.678 e. The summed E-state index contributed by atoms with van der Waals surface area (Å²) in [5.41, 5.74) is 12.4. The van der Waals surface area contributed by atoms with Crippen LogP contribution in [0.1, 0.15) is 13.8 Å². The van der Waals surface area contributed by atoms with E-state index < -0.39 is 0 Å². The number of nitrogens with one attached hydrogen (secondary N) is 2. The predicted molar refractivity (Wildman–Crippen MR) is 29.7 cm³/mol. The molecule has 2 N–H and O–H groups in total. The SMILES string of the molecule is CC[NH-].CC[NH-].[Y].[Y].[Y].[Y].[Y].[Y].[Y].[Y].[Y].[Y].[Y].[Y].[Y].[Y].[Y].[Y].[Y].[Y].[Y].[Y].[Y].[Y].[Y]. The molecule has 0 aromatic rings. The molecule has 0 unspecified atom stereocenters. The molecule has 0 fully saturated rings. The Kier molecular flexibility index (Phi) is 1210. The van der Waals surface area contributed by atoms with E-state index in [0.29, 0.717) is 13.1 Å². The molecule has 29 heavy (non-hydrogen) atoms. The van der Waals surface area contributed by atoms with Crippen molar-refractivity contribution >= 4 is 0 Å². The van der Waals surface area contributed by atoms with Crippen LogP contribution in [-0.4, -0.2) is 13.1 Å². The number of hydrogen-bond acceptors (Lipinski definition) is 0. The molecule has 0 amide bonds. The van der Waals surface area contributed by atoms with E-state index in [9.17, 15) is 0 Å². The third-order valence-corrected chi connectivity index (χ3v) is 0. The van der Waals surface area contributed by atoms with E-state index in [1.807, 2.05) is 0 Å². The maximum absolute atomic E-state index is 6.21. The summed E-state index contributed by atoms with van der Waals surface area (Å²) in [6.07, 6.45) is 0. The van der Waals surface area contributed by atoms with Crippen LogP contribution in [0.5, 0.6) is 0 Å². The van der Waals surface area contributed by atoms with Gasteiger partial charge in [-0.05, 0) is 0 Å². The molecule has 0 rings (SSSR count). The van der Waals surface area contributed by atoms with Crippen molar-refractivity contribution in [2.45, 2.75) is 13.8 Å². The smallest absolute Gasteiger partial charge is 0 e. The van der Waals surface area contributed by atoms with Crippen molar-refractivity contribution in [3.63, 3.8) is 0 Å². The summed E-state index contributed by atoms with van der Waals surface area (Å²) in [6.45, 7) is 4.58. The molecule has 109 valence electrons. The van der Waals surface area contributed by atoms with Crippen molar-refractivity contribution in [2.24, 2.45) is 0 Å². The molecule has 0 saturated carbocycles. The fourth-order valence-electron chi connectivity index (χ4n) is 0. The Hall–Kier alpha value is 25.3. The molecule has 0 saturated heterocycles. The van der Waals surface area contributed by atoms with Crippen LogP contribution in [0.4, 0.5) is 0 Å². The summed E-state index contributed by atoms with van der Waals surface area (Å²) in [5.74, 6) is 0. The van der Waals surface area contributed by atoms with E-state index in [0.717, 1.165) is 0 Å². The maximum atomic E-state index is 6.21. The summed E-state index contributed by atoms with van der Waals surface area (Å²) in [7, 11) is 0. The Morgan fingerprint density at radius 2 is 0.241 bits per heavy atom. The first-order chi connectivity index (χ1) is 2.83. The summed E-state index contributed by atoms with van der Waals surface area (Å²) in [5, 5.41) is 0. The maximum Gasteiger partial charge on any atom is 0 e. The van der Waals surface area contributed by atoms with Gasteiger partial charge in [0.1, 0.15) is 0 Å². The average Bonchev–Trinajstić information content (AvgIpc) is 1.39. The van der Waals surface area contributed by atoms with E-state index >= 15 is 0 Å².